The number of amides is 2. The van der Waals surface area contributed by atoms with Crippen LogP contribution in [0.2, 0.25) is 0 Å². The summed E-state index contributed by atoms with van der Waals surface area (Å²) in [5.41, 5.74) is -0.758. The minimum Gasteiger partial charge on any atom is -0.481 e. The Morgan fingerprint density at radius 1 is 1.31 bits per heavy atom. The molecule has 1 saturated carbocycles. The summed E-state index contributed by atoms with van der Waals surface area (Å²) in [7, 11) is 0. The lowest BCUT2D eigenvalue weighted by Crippen LogP contribution is -2.45. The van der Waals surface area contributed by atoms with Crippen LogP contribution in [0.25, 0.3) is 0 Å². The number of hydrogen-bond donors (Lipinski definition) is 3. The van der Waals surface area contributed by atoms with Gasteiger partial charge in [-0.2, -0.15) is 0 Å². The maximum atomic E-state index is 11.3. The summed E-state index contributed by atoms with van der Waals surface area (Å²) in [4.78, 5) is 22.4. The van der Waals surface area contributed by atoms with Crippen molar-refractivity contribution in [2.75, 3.05) is 13.1 Å². The molecular formula is C11H18N2O3. The molecule has 0 unspecified atom stereocenters. The molecule has 1 aliphatic carbocycles. The predicted octanol–water partition coefficient (Wildman–Crippen LogP) is 1.12. The number of carboxylic acid groups (broad SMARTS) is 1. The van der Waals surface area contributed by atoms with Gasteiger partial charge in [-0.05, 0) is 12.8 Å². The molecule has 0 radical (unpaired) electrons. The van der Waals surface area contributed by atoms with Gasteiger partial charge in [-0.1, -0.05) is 18.9 Å². The standard InChI is InChI=1S/C11H18N2O3/c1-2-7-12-10(16)13-8-11(9(14)15)5-3-4-6-11/h2H,1,3-8H2,(H,14,15)(H2,12,13,16). The van der Waals surface area contributed by atoms with Gasteiger partial charge in [0.1, 0.15) is 0 Å². The molecule has 90 valence electrons. The third-order valence-electron chi connectivity index (χ3n) is 3.01. The SMILES string of the molecule is C=CCNC(=O)NCC1(C(=O)O)CCCC1. The van der Waals surface area contributed by atoms with Gasteiger partial charge >= 0.3 is 12.0 Å². The molecule has 0 bridgehead atoms. The Bertz CT molecular complexity index is 283. The number of carbonyl (C=O) groups excluding carboxylic acids is 1. The van der Waals surface area contributed by atoms with Crippen molar-refractivity contribution in [3.63, 3.8) is 0 Å². The zero-order valence-electron chi connectivity index (χ0n) is 9.29. The van der Waals surface area contributed by atoms with Crippen LogP contribution in [0.1, 0.15) is 25.7 Å². The van der Waals surface area contributed by atoms with E-state index in [0.29, 0.717) is 19.4 Å². The summed E-state index contributed by atoms with van der Waals surface area (Å²) in [6.45, 7) is 4.06. The molecular weight excluding hydrogens is 208 g/mol. The second-order valence-electron chi connectivity index (χ2n) is 4.14. The van der Waals surface area contributed by atoms with E-state index in [1.165, 1.54) is 0 Å². The molecule has 2 amide bonds. The van der Waals surface area contributed by atoms with Crippen LogP contribution in [0, 0.1) is 5.41 Å². The van der Waals surface area contributed by atoms with Gasteiger partial charge in [0.05, 0.1) is 5.41 Å². The number of urea groups is 1. The van der Waals surface area contributed by atoms with Crippen LogP contribution in [0.5, 0.6) is 0 Å². The molecule has 0 aromatic carbocycles. The van der Waals surface area contributed by atoms with E-state index < -0.39 is 11.4 Å². The minimum absolute atomic E-state index is 0.200. The van der Waals surface area contributed by atoms with E-state index in [4.69, 9.17) is 5.11 Å². The molecule has 5 heteroatoms. The van der Waals surface area contributed by atoms with Crippen molar-refractivity contribution in [2.24, 2.45) is 5.41 Å². The van der Waals surface area contributed by atoms with Crippen LogP contribution in [0.3, 0.4) is 0 Å². The van der Waals surface area contributed by atoms with Crippen molar-refractivity contribution < 1.29 is 14.7 Å². The van der Waals surface area contributed by atoms with Crippen LogP contribution in [-0.4, -0.2) is 30.2 Å². The first-order valence-electron chi connectivity index (χ1n) is 5.47. The van der Waals surface area contributed by atoms with Gasteiger partial charge in [-0.3, -0.25) is 4.79 Å². The Hall–Kier alpha value is -1.52. The molecule has 0 aromatic heterocycles. The number of hydrogen-bond acceptors (Lipinski definition) is 2. The fourth-order valence-electron chi connectivity index (χ4n) is 1.99. The molecule has 0 aliphatic heterocycles. The van der Waals surface area contributed by atoms with Gasteiger partial charge in [0.2, 0.25) is 0 Å². The normalized spacial score (nSPS) is 17.8. The quantitative estimate of drug-likeness (QED) is 0.614. The van der Waals surface area contributed by atoms with Gasteiger partial charge in [-0.25, -0.2) is 4.79 Å². The number of aliphatic carboxylic acids is 1. The van der Waals surface area contributed by atoms with Gasteiger partial charge in [-0.15, -0.1) is 6.58 Å². The molecule has 0 heterocycles. The minimum atomic E-state index is -0.811. The highest BCUT2D eigenvalue weighted by molar-refractivity contribution is 5.78. The average molecular weight is 226 g/mol. The number of nitrogens with one attached hydrogen (secondary N) is 2. The summed E-state index contributed by atoms with van der Waals surface area (Å²) < 4.78 is 0. The first kappa shape index (κ1) is 12.5. The van der Waals surface area contributed by atoms with Gasteiger partial charge < -0.3 is 15.7 Å². The zero-order chi connectivity index (χ0) is 12.0. The van der Waals surface area contributed by atoms with Gasteiger partial charge in [0.25, 0.3) is 0 Å². The van der Waals surface area contributed by atoms with Crippen molar-refractivity contribution >= 4 is 12.0 Å². The van der Waals surface area contributed by atoms with Gasteiger partial charge in [0.15, 0.2) is 0 Å². The molecule has 0 aromatic rings. The third-order valence-corrected chi connectivity index (χ3v) is 3.01. The van der Waals surface area contributed by atoms with Crippen molar-refractivity contribution in [1.29, 1.82) is 0 Å². The summed E-state index contributed by atoms with van der Waals surface area (Å²) in [6, 6.07) is -0.340. The molecule has 1 aliphatic rings. The third kappa shape index (κ3) is 2.98. The lowest BCUT2D eigenvalue weighted by Gasteiger charge is -2.23. The highest BCUT2D eigenvalue weighted by atomic mass is 16.4. The van der Waals surface area contributed by atoms with E-state index in [2.05, 4.69) is 17.2 Å². The van der Waals surface area contributed by atoms with E-state index >= 15 is 0 Å². The molecule has 0 saturated heterocycles. The van der Waals surface area contributed by atoms with Crippen molar-refractivity contribution in [2.45, 2.75) is 25.7 Å². The van der Waals surface area contributed by atoms with E-state index in [-0.39, 0.29) is 12.6 Å². The Morgan fingerprint density at radius 3 is 2.44 bits per heavy atom. The lowest BCUT2D eigenvalue weighted by molar-refractivity contribution is -0.148. The molecule has 0 atom stereocenters. The van der Waals surface area contributed by atoms with Crippen molar-refractivity contribution in [3.8, 4) is 0 Å². The molecule has 1 rings (SSSR count). The predicted molar refractivity (Wildman–Crippen MR) is 60.1 cm³/mol. The van der Waals surface area contributed by atoms with Crippen LogP contribution in [0.4, 0.5) is 4.79 Å². The second kappa shape index (κ2) is 5.53. The molecule has 5 nitrogen and oxygen atoms in total. The monoisotopic (exact) mass is 226 g/mol. The fraction of sp³-hybridized carbons (Fsp3) is 0.636. The van der Waals surface area contributed by atoms with E-state index in [1.807, 2.05) is 0 Å². The summed E-state index contributed by atoms with van der Waals surface area (Å²) in [5.74, 6) is -0.811. The van der Waals surface area contributed by atoms with Crippen LogP contribution in [-0.2, 0) is 4.79 Å². The van der Waals surface area contributed by atoms with Crippen molar-refractivity contribution in [1.82, 2.24) is 10.6 Å². The smallest absolute Gasteiger partial charge is 0.315 e. The van der Waals surface area contributed by atoms with Crippen LogP contribution < -0.4 is 10.6 Å². The summed E-state index contributed by atoms with van der Waals surface area (Å²) in [6.07, 6.45) is 4.70. The molecule has 1 fully saturated rings. The summed E-state index contributed by atoms with van der Waals surface area (Å²) >= 11 is 0. The van der Waals surface area contributed by atoms with E-state index in [0.717, 1.165) is 12.8 Å². The average Bonchev–Trinajstić information content (AvgIpc) is 2.73. The van der Waals surface area contributed by atoms with Crippen LogP contribution in [0.15, 0.2) is 12.7 Å². The van der Waals surface area contributed by atoms with E-state index in [1.54, 1.807) is 6.08 Å². The Morgan fingerprint density at radius 2 is 1.94 bits per heavy atom. The van der Waals surface area contributed by atoms with Gasteiger partial charge in [0, 0.05) is 13.1 Å². The number of rotatable bonds is 5. The van der Waals surface area contributed by atoms with Crippen molar-refractivity contribution in [3.05, 3.63) is 12.7 Å². The van der Waals surface area contributed by atoms with Crippen LogP contribution >= 0.6 is 0 Å². The maximum absolute atomic E-state index is 11.3. The number of carbonyl (C=O) groups is 2. The molecule has 0 spiro atoms. The maximum Gasteiger partial charge on any atom is 0.315 e. The number of carboxylic acids is 1. The highest BCUT2D eigenvalue weighted by Crippen LogP contribution is 2.37. The molecule has 16 heavy (non-hydrogen) atoms. The second-order valence-corrected chi connectivity index (χ2v) is 4.14. The Balaban J connectivity index is 2.42. The topological polar surface area (TPSA) is 78.4 Å². The first-order chi connectivity index (χ1) is 7.60. The Labute approximate surface area is 94.9 Å². The van der Waals surface area contributed by atoms with E-state index in [9.17, 15) is 9.59 Å². The fourth-order valence-corrected chi connectivity index (χ4v) is 1.99. The summed E-state index contributed by atoms with van der Waals surface area (Å²) in [5, 5.41) is 14.3. The lowest BCUT2D eigenvalue weighted by atomic mass is 9.86. The zero-order valence-corrected chi connectivity index (χ0v) is 9.29. The highest BCUT2D eigenvalue weighted by Gasteiger charge is 2.41. The molecule has 3 N–H and O–H groups in total. The first-order valence-corrected chi connectivity index (χ1v) is 5.47. The largest absolute Gasteiger partial charge is 0.481 e. The Kier molecular flexibility index (Phi) is 4.34.